The van der Waals surface area contributed by atoms with Gasteiger partial charge < -0.3 is 10.1 Å². The molecule has 3 nitrogen and oxygen atoms in total. The molecule has 0 radical (unpaired) electrons. The lowest BCUT2D eigenvalue weighted by atomic mass is 9.76. The maximum Gasteiger partial charge on any atom is 0.139 e. The van der Waals surface area contributed by atoms with Crippen LogP contribution in [0.15, 0.2) is 146 Å². The van der Waals surface area contributed by atoms with Crippen LogP contribution in [0.4, 0.5) is 0 Å². The maximum atomic E-state index is 11.7. The van der Waals surface area contributed by atoms with E-state index in [0.29, 0.717) is 5.75 Å². The molecular weight excluding hydrogens is 633 g/mol. The van der Waals surface area contributed by atoms with Gasteiger partial charge in [-0.3, -0.25) is 0 Å². The van der Waals surface area contributed by atoms with Crippen LogP contribution in [-0.4, -0.2) is 15.1 Å². The Balaban J connectivity index is 1.50. The number of aromatic hydroxyl groups is 1. The molecule has 0 bridgehead atoms. The largest absolute Gasteiger partial charge is 0.507 e. The number of hydrogen-bond donors (Lipinski definition) is 2. The highest BCUT2D eigenvalue weighted by atomic mass is 16.3. The number of benzene rings is 7. The van der Waals surface area contributed by atoms with Crippen molar-refractivity contribution in [3.63, 3.8) is 0 Å². The standard InChI is InChI=1S/C49H44N2O/c1-48(2,3)40-29-35(30-41(46(40)52)49(4,5)6)38-27-25-31-17-13-15-23-36(31)42(38)43-37-24-16-14-18-32(37)26-28-39(43)47-50-44(33-19-9-7-10-20-33)45(51-47)34-21-11-8-12-22-34/h7-30,52H,1-6H3,(H,50,51). The third-order valence-corrected chi connectivity index (χ3v) is 10.2. The quantitative estimate of drug-likeness (QED) is 0.191. The molecular formula is C49H44N2O. The van der Waals surface area contributed by atoms with Gasteiger partial charge in [-0.2, -0.15) is 0 Å². The summed E-state index contributed by atoms with van der Waals surface area (Å²) in [4.78, 5) is 9.23. The summed E-state index contributed by atoms with van der Waals surface area (Å²) >= 11 is 0. The molecule has 0 aliphatic carbocycles. The summed E-state index contributed by atoms with van der Waals surface area (Å²) in [6, 6.07) is 51.6. The van der Waals surface area contributed by atoms with Crippen molar-refractivity contribution in [1.82, 2.24) is 9.97 Å². The number of phenolic OH excluding ortho intramolecular Hbond substituents is 1. The summed E-state index contributed by atoms with van der Waals surface area (Å²) in [7, 11) is 0. The van der Waals surface area contributed by atoms with Gasteiger partial charge in [-0.1, -0.05) is 169 Å². The van der Waals surface area contributed by atoms with Crippen molar-refractivity contribution in [3.8, 4) is 61.9 Å². The molecule has 0 unspecified atom stereocenters. The number of H-pyrrole nitrogens is 1. The van der Waals surface area contributed by atoms with Crippen molar-refractivity contribution in [2.45, 2.75) is 52.4 Å². The van der Waals surface area contributed by atoms with Gasteiger partial charge in [0.15, 0.2) is 0 Å². The second-order valence-electron chi connectivity index (χ2n) is 15.9. The Morgan fingerprint density at radius 3 is 1.48 bits per heavy atom. The van der Waals surface area contributed by atoms with Crippen molar-refractivity contribution in [2.75, 3.05) is 0 Å². The predicted octanol–water partition coefficient (Wildman–Crippen LogP) is 13.4. The molecule has 52 heavy (non-hydrogen) atoms. The topological polar surface area (TPSA) is 48.9 Å². The summed E-state index contributed by atoms with van der Waals surface area (Å²) in [6.07, 6.45) is 0. The molecule has 0 saturated carbocycles. The fourth-order valence-corrected chi connectivity index (χ4v) is 7.57. The van der Waals surface area contributed by atoms with Crippen LogP contribution in [0.1, 0.15) is 52.7 Å². The highest BCUT2D eigenvalue weighted by Gasteiger charge is 2.29. The Labute approximate surface area is 306 Å². The summed E-state index contributed by atoms with van der Waals surface area (Å²) in [5, 5.41) is 16.4. The van der Waals surface area contributed by atoms with Crippen LogP contribution in [-0.2, 0) is 10.8 Å². The number of aromatic nitrogens is 2. The molecule has 2 N–H and O–H groups in total. The van der Waals surface area contributed by atoms with Gasteiger partial charge in [-0.15, -0.1) is 0 Å². The van der Waals surface area contributed by atoms with E-state index in [1.165, 1.54) is 10.8 Å². The minimum Gasteiger partial charge on any atom is -0.507 e. The molecule has 3 heteroatoms. The van der Waals surface area contributed by atoms with E-state index in [-0.39, 0.29) is 10.8 Å². The second kappa shape index (κ2) is 12.7. The van der Waals surface area contributed by atoms with Gasteiger partial charge in [-0.05, 0) is 67.3 Å². The Hall–Kier alpha value is -5.93. The van der Waals surface area contributed by atoms with Gasteiger partial charge in [0.25, 0.3) is 0 Å². The Morgan fingerprint density at radius 1 is 0.481 bits per heavy atom. The van der Waals surface area contributed by atoms with Gasteiger partial charge in [0.1, 0.15) is 11.6 Å². The van der Waals surface area contributed by atoms with E-state index >= 15 is 0 Å². The number of rotatable bonds is 5. The number of nitrogens with one attached hydrogen (secondary N) is 1. The average molecular weight is 677 g/mol. The molecule has 8 aromatic rings. The highest BCUT2D eigenvalue weighted by molar-refractivity contribution is 6.14. The van der Waals surface area contributed by atoms with E-state index < -0.39 is 0 Å². The van der Waals surface area contributed by atoms with Crippen LogP contribution in [0, 0.1) is 0 Å². The zero-order chi connectivity index (χ0) is 36.2. The zero-order valence-corrected chi connectivity index (χ0v) is 30.8. The van der Waals surface area contributed by atoms with E-state index in [4.69, 9.17) is 4.98 Å². The molecule has 0 fully saturated rings. The van der Waals surface area contributed by atoms with Gasteiger partial charge in [0.05, 0.1) is 11.4 Å². The third kappa shape index (κ3) is 5.86. The Kier molecular flexibility index (Phi) is 8.11. The monoisotopic (exact) mass is 676 g/mol. The molecule has 0 aliphatic rings. The Bertz CT molecular complexity index is 2490. The molecule has 0 atom stereocenters. The van der Waals surface area contributed by atoms with Crippen LogP contribution in [0.2, 0.25) is 0 Å². The Morgan fingerprint density at radius 2 is 0.942 bits per heavy atom. The van der Waals surface area contributed by atoms with E-state index in [0.717, 1.165) is 78.1 Å². The van der Waals surface area contributed by atoms with Crippen LogP contribution >= 0.6 is 0 Å². The highest BCUT2D eigenvalue weighted by Crippen LogP contribution is 2.49. The number of hydrogen-bond acceptors (Lipinski definition) is 2. The second-order valence-corrected chi connectivity index (χ2v) is 15.9. The number of imidazole rings is 1. The minimum absolute atomic E-state index is 0.266. The smallest absolute Gasteiger partial charge is 0.139 e. The lowest BCUT2D eigenvalue weighted by Crippen LogP contribution is -2.17. The summed E-state index contributed by atoms with van der Waals surface area (Å²) in [5.74, 6) is 1.20. The van der Waals surface area contributed by atoms with E-state index in [2.05, 4.69) is 180 Å². The van der Waals surface area contributed by atoms with Crippen molar-refractivity contribution in [1.29, 1.82) is 0 Å². The van der Waals surface area contributed by atoms with E-state index in [1.807, 2.05) is 12.1 Å². The third-order valence-electron chi connectivity index (χ3n) is 10.2. The van der Waals surface area contributed by atoms with Crippen LogP contribution < -0.4 is 0 Å². The molecule has 0 spiro atoms. The first-order valence-electron chi connectivity index (χ1n) is 18.1. The normalized spacial score (nSPS) is 12.1. The fourth-order valence-electron chi connectivity index (χ4n) is 7.57. The minimum atomic E-state index is -0.266. The predicted molar refractivity (Wildman–Crippen MR) is 220 cm³/mol. The van der Waals surface area contributed by atoms with Gasteiger partial charge in [-0.25, -0.2) is 4.98 Å². The van der Waals surface area contributed by atoms with E-state index in [1.54, 1.807) is 0 Å². The van der Waals surface area contributed by atoms with Crippen LogP contribution in [0.5, 0.6) is 5.75 Å². The average Bonchev–Trinajstić information content (AvgIpc) is 3.59. The van der Waals surface area contributed by atoms with E-state index in [9.17, 15) is 5.11 Å². The first-order chi connectivity index (χ1) is 25.0. The fraction of sp³-hybridized carbons (Fsp3) is 0.163. The molecule has 1 heterocycles. The summed E-state index contributed by atoms with van der Waals surface area (Å²) in [6.45, 7) is 13.0. The van der Waals surface area contributed by atoms with Crippen molar-refractivity contribution in [3.05, 3.63) is 157 Å². The van der Waals surface area contributed by atoms with Gasteiger partial charge in [0.2, 0.25) is 0 Å². The first-order valence-corrected chi connectivity index (χ1v) is 18.1. The first kappa shape index (κ1) is 33.2. The van der Waals surface area contributed by atoms with Crippen LogP contribution in [0.3, 0.4) is 0 Å². The lowest BCUT2D eigenvalue weighted by Gasteiger charge is -2.29. The molecule has 0 saturated heterocycles. The number of phenols is 1. The lowest BCUT2D eigenvalue weighted by molar-refractivity contribution is 0.423. The zero-order valence-electron chi connectivity index (χ0n) is 30.8. The van der Waals surface area contributed by atoms with Crippen molar-refractivity contribution >= 4 is 21.5 Å². The number of aromatic amines is 1. The van der Waals surface area contributed by atoms with Gasteiger partial charge in [0, 0.05) is 33.4 Å². The molecule has 0 aliphatic heterocycles. The SMILES string of the molecule is CC(C)(C)c1cc(-c2ccc3ccccc3c2-c2c(-c3nc(-c4ccccc4)c(-c4ccccc4)[nH]3)ccc3ccccc23)cc(C(C)(C)C)c1O. The molecule has 256 valence electrons. The molecule has 7 aromatic carbocycles. The molecule has 8 rings (SSSR count). The maximum absolute atomic E-state index is 11.7. The van der Waals surface area contributed by atoms with Crippen LogP contribution in [0.25, 0.3) is 77.7 Å². The molecule has 1 aromatic heterocycles. The van der Waals surface area contributed by atoms with Crippen molar-refractivity contribution < 1.29 is 5.11 Å². The number of nitrogens with zero attached hydrogens (tertiary/aromatic N) is 1. The number of fused-ring (bicyclic) bond motifs is 2. The summed E-state index contributed by atoms with van der Waals surface area (Å²) < 4.78 is 0. The molecule has 0 amide bonds. The van der Waals surface area contributed by atoms with Gasteiger partial charge >= 0.3 is 0 Å². The van der Waals surface area contributed by atoms with Crippen molar-refractivity contribution in [2.24, 2.45) is 0 Å². The summed E-state index contributed by atoms with van der Waals surface area (Å²) in [5.41, 5.74) is 10.9.